The molecule has 0 fully saturated rings. The molecule has 2 aromatic rings. The van der Waals surface area contributed by atoms with Crippen molar-refractivity contribution in [2.24, 2.45) is 0 Å². The first-order valence-corrected chi connectivity index (χ1v) is 5.98. The maximum absolute atomic E-state index is 12.0. The van der Waals surface area contributed by atoms with Crippen LogP contribution in [0.3, 0.4) is 0 Å². The van der Waals surface area contributed by atoms with Crippen molar-refractivity contribution in [1.82, 2.24) is 4.57 Å². The molecular weight excluding hydrogens is 242 g/mol. The van der Waals surface area contributed by atoms with Crippen LogP contribution in [0.25, 0.3) is 0 Å². The summed E-state index contributed by atoms with van der Waals surface area (Å²) in [5.41, 5.74) is 7.04. The van der Waals surface area contributed by atoms with Crippen molar-refractivity contribution in [1.29, 1.82) is 0 Å². The molecule has 0 aliphatic heterocycles. The highest BCUT2D eigenvalue weighted by Crippen LogP contribution is 2.13. The fourth-order valence-electron chi connectivity index (χ4n) is 1.75. The van der Waals surface area contributed by atoms with E-state index in [1.165, 1.54) is 10.6 Å². The maximum atomic E-state index is 12.0. The lowest BCUT2D eigenvalue weighted by Crippen LogP contribution is -2.20. The normalized spacial score (nSPS) is 10.2. The fourth-order valence-corrected chi connectivity index (χ4v) is 1.75. The average Bonchev–Trinajstić information content (AvgIpc) is 2.41. The van der Waals surface area contributed by atoms with E-state index in [0.717, 1.165) is 0 Å². The second kappa shape index (κ2) is 5.39. The molecule has 1 heterocycles. The van der Waals surface area contributed by atoms with Gasteiger partial charge >= 0.3 is 0 Å². The van der Waals surface area contributed by atoms with Gasteiger partial charge < -0.3 is 15.6 Å². The van der Waals surface area contributed by atoms with Gasteiger partial charge in [0.15, 0.2) is 0 Å². The topological polar surface area (TPSA) is 77.1 Å². The number of carbonyl (C=O) groups excluding carboxylic acids is 1. The number of nitrogens with two attached hydrogens (primary N) is 1. The van der Waals surface area contributed by atoms with Crippen molar-refractivity contribution >= 4 is 17.3 Å². The molecule has 1 aromatic carbocycles. The molecule has 0 spiro atoms. The predicted molar refractivity (Wildman–Crippen MR) is 75.2 cm³/mol. The minimum atomic E-state index is -0.292. The minimum Gasteiger partial charge on any atom is -0.398 e. The predicted octanol–water partition coefficient (Wildman–Crippen LogP) is 1.70. The van der Waals surface area contributed by atoms with Gasteiger partial charge in [-0.1, -0.05) is 12.1 Å². The summed E-state index contributed by atoms with van der Waals surface area (Å²) >= 11 is 0. The Kier molecular flexibility index (Phi) is 3.66. The Morgan fingerprint density at radius 1 is 1.26 bits per heavy atom. The van der Waals surface area contributed by atoms with E-state index in [2.05, 4.69) is 5.32 Å². The molecule has 0 aliphatic rings. The second-order valence-corrected chi connectivity index (χ2v) is 4.08. The molecule has 1 aromatic heterocycles. The highest BCUT2D eigenvalue weighted by atomic mass is 16.1. The van der Waals surface area contributed by atoms with Crippen LogP contribution in [0.15, 0.2) is 47.4 Å². The standard InChI is InChI=1S/C14H15N3O2/c1-2-17-9-10(7-8-13(17)18)16-14(19)11-5-3-4-6-12(11)15/h3-9H,2,15H2,1H3,(H,16,19). The van der Waals surface area contributed by atoms with Gasteiger partial charge in [0.25, 0.3) is 11.5 Å². The van der Waals surface area contributed by atoms with Crippen molar-refractivity contribution in [3.05, 3.63) is 58.5 Å². The lowest BCUT2D eigenvalue weighted by atomic mass is 10.1. The van der Waals surface area contributed by atoms with Crippen LogP contribution in [0.2, 0.25) is 0 Å². The van der Waals surface area contributed by atoms with Crippen LogP contribution in [-0.4, -0.2) is 10.5 Å². The number of hydrogen-bond donors (Lipinski definition) is 2. The third-order valence-corrected chi connectivity index (χ3v) is 2.79. The molecule has 0 aliphatic carbocycles. The van der Waals surface area contributed by atoms with E-state index < -0.39 is 0 Å². The van der Waals surface area contributed by atoms with E-state index in [1.807, 2.05) is 6.92 Å². The number of nitrogens with one attached hydrogen (secondary N) is 1. The monoisotopic (exact) mass is 257 g/mol. The second-order valence-electron chi connectivity index (χ2n) is 4.08. The van der Waals surface area contributed by atoms with E-state index in [1.54, 1.807) is 36.5 Å². The first kappa shape index (κ1) is 12.9. The number of carbonyl (C=O) groups is 1. The summed E-state index contributed by atoms with van der Waals surface area (Å²) in [5.74, 6) is -0.292. The van der Waals surface area contributed by atoms with Gasteiger partial charge in [0.05, 0.1) is 11.3 Å². The van der Waals surface area contributed by atoms with E-state index in [0.29, 0.717) is 23.5 Å². The van der Waals surface area contributed by atoms with Crippen LogP contribution in [0, 0.1) is 0 Å². The van der Waals surface area contributed by atoms with Gasteiger partial charge in [-0.25, -0.2) is 0 Å². The summed E-state index contributed by atoms with van der Waals surface area (Å²) in [6.45, 7) is 2.41. The van der Waals surface area contributed by atoms with Crippen molar-refractivity contribution in [3.63, 3.8) is 0 Å². The van der Waals surface area contributed by atoms with Crippen molar-refractivity contribution in [2.45, 2.75) is 13.5 Å². The molecule has 5 heteroatoms. The van der Waals surface area contributed by atoms with Gasteiger partial charge in [-0.2, -0.15) is 0 Å². The lowest BCUT2D eigenvalue weighted by Gasteiger charge is -2.09. The molecule has 3 N–H and O–H groups in total. The average molecular weight is 257 g/mol. The maximum Gasteiger partial charge on any atom is 0.257 e. The van der Waals surface area contributed by atoms with Crippen LogP contribution in [0.5, 0.6) is 0 Å². The van der Waals surface area contributed by atoms with Crippen LogP contribution < -0.4 is 16.6 Å². The molecule has 0 bridgehead atoms. The van der Waals surface area contributed by atoms with Crippen LogP contribution in [-0.2, 0) is 6.54 Å². The molecule has 0 saturated heterocycles. The van der Waals surface area contributed by atoms with Crippen molar-refractivity contribution < 1.29 is 4.79 Å². The molecule has 0 radical (unpaired) electrons. The van der Waals surface area contributed by atoms with Crippen molar-refractivity contribution in [3.8, 4) is 0 Å². The third kappa shape index (κ3) is 2.82. The Labute approximate surface area is 110 Å². The number of aromatic nitrogens is 1. The Morgan fingerprint density at radius 3 is 2.68 bits per heavy atom. The van der Waals surface area contributed by atoms with E-state index in [4.69, 9.17) is 5.73 Å². The highest BCUT2D eigenvalue weighted by Gasteiger charge is 2.09. The lowest BCUT2D eigenvalue weighted by molar-refractivity contribution is 0.102. The highest BCUT2D eigenvalue weighted by molar-refractivity contribution is 6.07. The van der Waals surface area contributed by atoms with Gasteiger partial charge in [0, 0.05) is 24.5 Å². The number of nitrogens with zero attached hydrogens (tertiary/aromatic N) is 1. The summed E-state index contributed by atoms with van der Waals surface area (Å²) in [7, 11) is 0. The molecule has 98 valence electrons. The summed E-state index contributed by atoms with van der Waals surface area (Å²) < 4.78 is 1.52. The Bertz CT molecular complexity index is 662. The quantitative estimate of drug-likeness (QED) is 0.822. The molecule has 1 amide bonds. The number of amides is 1. The van der Waals surface area contributed by atoms with Gasteiger partial charge in [-0.05, 0) is 25.1 Å². The first-order valence-electron chi connectivity index (χ1n) is 5.98. The molecule has 0 atom stereocenters. The van der Waals surface area contributed by atoms with Crippen LogP contribution >= 0.6 is 0 Å². The fraction of sp³-hybridized carbons (Fsp3) is 0.143. The smallest absolute Gasteiger partial charge is 0.257 e. The van der Waals surface area contributed by atoms with Gasteiger partial charge in [-0.3, -0.25) is 9.59 Å². The molecule has 0 saturated carbocycles. The summed E-state index contributed by atoms with van der Waals surface area (Å²) in [5, 5.41) is 2.72. The Hall–Kier alpha value is -2.56. The number of hydrogen-bond acceptors (Lipinski definition) is 3. The van der Waals surface area contributed by atoms with Crippen LogP contribution in [0.1, 0.15) is 17.3 Å². The van der Waals surface area contributed by atoms with E-state index >= 15 is 0 Å². The number of para-hydroxylation sites is 1. The molecule has 2 rings (SSSR count). The molecule has 19 heavy (non-hydrogen) atoms. The first-order chi connectivity index (χ1) is 9.11. The zero-order valence-electron chi connectivity index (χ0n) is 10.6. The largest absolute Gasteiger partial charge is 0.398 e. The van der Waals surface area contributed by atoms with Gasteiger partial charge in [0.2, 0.25) is 0 Å². The summed E-state index contributed by atoms with van der Waals surface area (Å²) in [4.78, 5) is 23.5. The minimum absolute atomic E-state index is 0.0975. The molecule has 0 unspecified atom stereocenters. The number of aryl methyl sites for hydroxylation is 1. The van der Waals surface area contributed by atoms with E-state index in [-0.39, 0.29) is 11.5 Å². The van der Waals surface area contributed by atoms with Gasteiger partial charge in [0.1, 0.15) is 0 Å². The SMILES string of the molecule is CCn1cc(NC(=O)c2ccccc2N)ccc1=O. The zero-order valence-corrected chi connectivity index (χ0v) is 10.6. The number of pyridine rings is 1. The third-order valence-electron chi connectivity index (χ3n) is 2.79. The van der Waals surface area contributed by atoms with Gasteiger partial charge in [-0.15, -0.1) is 0 Å². The van der Waals surface area contributed by atoms with Crippen molar-refractivity contribution in [2.75, 3.05) is 11.1 Å². The molecular formula is C14H15N3O2. The van der Waals surface area contributed by atoms with E-state index in [9.17, 15) is 9.59 Å². The number of anilines is 2. The zero-order chi connectivity index (χ0) is 13.8. The Morgan fingerprint density at radius 2 is 2.00 bits per heavy atom. The molecule has 5 nitrogen and oxygen atoms in total. The van der Waals surface area contributed by atoms with Crippen LogP contribution in [0.4, 0.5) is 11.4 Å². The summed E-state index contributed by atoms with van der Waals surface area (Å²) in [6.07, 6.45) is 1.61. The number of nitrogen functional groups attached to an aromatic ring is 1. The number of benzene rings is 1. The summed E-state index contributed by atoms with van der Waals surface area (Å²) in [6, 6.07) is 9.84. The Balaban J connectivity index is 2.24. The number of rotatable bonds is 3.